The molecule has 3 aromatic rings. The van der Waals surface area contributed by atoms with Crippen molar-refractivity contribution in [3.8, 4) is 5.75 Å². The SMILES string of the molecule is COc1cc(C(=O)NC2CCN(Cc3cccs3)C2)ccc1NC(=O)Nc1cnc(C)cn1. The molecule has 1 saturated heterocycles. The van der Waals surface area contributed by atoms with E-state index in [-0.39, 0.29) is 11.9 Å². The summed E-state index contributed by atoms with van der Waals surface area (Å²) < 4.78 is 5.39. The fraction of sp³-hybridized carbons (Fsp3) is 0.304. The van der Waals surface area contributed by atoms with Crippen molar-refractivity contribution in [3.05, 3.63) is 64.2 Å². The van der Waals surface area contributed by atoms with Crippen LogP contribution in [0.3, 0.4) is 0 Å². The zero-order chi connectivity index (χ0) is 23.2. The number of aryl methyl sites for hydroxylation is 1. The molecule has 4 rings (SSSR count). The van der Waals surface area contributed by atoms with Crippen LogP contribution in [0.25, 0.3) is 0 Å². The number of urea groups is 1. The van der Waals surface area contributed by atoms with Crippen LogP contribution in [-0.2, 0) is 6.54 Å². The molecule has 3 N–H and O–H groups in total. The highest BCUT2D eigenvalue weighted by Crippen LogP contribution is 2.26. The first-order chi connectivity index (χ1) is 16.0. The van der Waals surface area contributed by atoms with Crippen LogP contribution in [0.4, 0.5) is 16.3 Å². The number of nitrogens with zero attached hydrogens (tertiary/aromatic N) is 3. The van der Waals surface area contributed by atoms with E-state index in [1.54, 1.807) is 35.7 Å². The average molecular weight is 467 g/mol. The fourth-order valence-corrected chi connectivity index (χ4v) is 4.39. The lowest BCUT2D eigenvalue weighted by atomic mass is 10.1. The molecule has 0 aliphatic carbocycles. The number of anilines is 2. The molecule has 2 aromatic heterocycles. The monoisotopic (exact) mass is 466 g/mol. The van der Waals surface area contributed by atoms with E-state index >= 15 is 0 Å². The van der Waals surface area contributed by atoms with Crippen LogP contribution in [0.5, 0.6) is 5.75 Å². The van der Waals surface area contributed by atoms with Crippen LogP contribution in [0.15, 0.2) is 48.1 Å². The van der Waals surface area contributed by atoms with E-state index in [1.165, 1.54) is 18.2 Å². The van der Waals surface area contributed by atoms with Crippen molar-refractivity contribution in [2.45, 2.75) is 25.9 Å². The fourth-order valence-electron chi connectivity index (χ4n) is 3.65. The number of carbonyl (C=O) groups excluding carboxylic acids is 2. The van der Waals surface area contributed by atoms with E-state index in [4.69, 9.17) is 4.74 Å². The molecule has 1 aromatic carbocycles. The first-order valence-corrected chi connectivity index (χ1v) is 11.5. The lowest BCUT2D eigenvalue weighted by Gasteiger charge is -2.16. The number of rotatable bonds is 7. The van der Waals surface area contributed by atoms with Gasteiger partial charge in [-0.25, -0.2) is 9.78 Å². The van der Waals surface area contributed by atoms with Crippen LogP contribution in [-0.4, -0.2) is 53.0 Å². The maximum absolute atomic E-state index is 12.8. The molecule has 1 unspecified atom stereocenters. The van der Waals surface area contributed by atoms with E-state index in [0.29, 0.717) is 22.8 Å². The topological polar surface area (TPSA) is 108 Å². The van der Waals surface area contributed by atoms with Crippen LogP contribution in [0, 0.1) is 6.92 Å². The molecule has 0 bridgehead atoms. The zero-order valence-corrected chi connectivity index (χ0v) is 19.3. The van der Waals surface area contributed by atoms with Crippen LogP contribution >= 0.6 is 11.3 Å². The van der Waals surface area contributed by atoms with Gasteiger partial charge in [0.25, 0.3) is 5.91 Å². The second kappa shape index (κ2) is 10.4. The van der Waals surface area contributed by atoms with Crippen molar-refractivity contribution in [3.63, 3.8) is 0 Å². The lowest BCUT2D eigenvalue weighted by molar-refractivity contribution is 0.0937. The maximum Gasteiger partial charge on any atom is 0.324 e. The van der Waals surface area contributed by atoms with E-state index in [9.17, 15) is 9.59 Å². The molecule has 0 radical (unpaired) electrons. The molecule has 1 atom stereocenters. The van der Waals surface area contributed by atoms with Gasteiger partial charge >= 0.3 is 6.03 Å². The molecule has 0 spiro atoms. The van der Waals surface area contributed by atoms with Gasteiger partial charge in [-0.05, 0) is 43.0 Å². The van der Waals surface area contributed by atoms with Crippen LogP contribution < -0.4 is 20.7 Å². The standard InChI is InChI=1S/C23H26N6O3S/c1-15-11-25-21(12-24-15)28-23(31)27-19-6-5-16(10-20(19)32-2)22(30)26-17-7-8-29(13-17)14-18-4-3-9-33-18/h3-6,9-12,17H,7-8,13-14H2,1-2H3,(H,26,30)(H2,25,27,28,31). The number of aromatic nitrogens is 2. The summed E-state index contributed by atoms with van der Waals surface area (Å²) in [6.07, 6.45) is 3.95. The number of amides is 3. The number of methoxy groups -OCH3 is 1. The molecule has 0 saturated carbocycles. The molecular formula is C23H26N6O3S. The summed E-state index contributed by atoms with van der Waals surface area (Å²) in [6.45, 7) is 4.50. The second-order valence-corrected chi connectivity index (χ2v) is 8.84. The first kappa shape index (κ1) is 22.7. The third-order valence-electron chi connectivity index (χ3n) is 5.30. The highest BCUT2D eigenvalue weighted by Gasteiger charge is 2.25. The Kier molecular flexibility index (Phi) is 7.16. The summed E-state index contributed by atoms with van der Waals surface area (Å²) in [5.41, 5.74) is 1.66. The number of ether oxygens (including phenoxy) is 1. The second-order valence-electron chi connectivity index (χ2n) is 7.81. The predicted octanol–water partition coefficient (Wildman–Crippen LogP) is 3.50. The molecule has 3 heterocycles. The van der Waals surface area contributed by atoms with Crippen molar-refractivity contribution in [1.82, 2.24) is 20.2 Å². The Morgan fingerprint density at radius 3 is 2.82 bits per heavy atom. The highest BCUT2D eigenvalue weighted by atomic mass is 32.1. The maximum atomic E-state index is 12.8. The number of hydrogen-bond donors (Lipinski definition) is 3. The van der Waals surface area contributed by atoms with Crippen molar-refractivity contribution in [2.75, 3.05) is 30.8 Å². The minimum absolute atomic E-state index is 0.0997. The van der Waals surface area contributed by atoms with Gasteiger partial charge in [-0.2, -0.15) is 0 Å². The summed E-state index contributed by atoms with van der Waals surface area (Å²) in [6, 6.07) is 8.73. The normalized spacial score (nSPS) is 15.8. The molecular weight excluding hydrogens is 440 g/mol. The molecule has 1 aliphatic heterocycles. The number of likely N-dealkylation sites (tertiary alicyclic amines) is 1. The van der Waals surface area contributed by atoms with Crippen molar-refractivity contribution < 1.29 is 14.3 Å². The zero-order valence-electron chi connectivity index (χ0n) is 18.5. The summed E-state index contributed by atoms with van der Waals surface area (Å²) in [4.78, 5) is 37.0. The van der Waals surface area contributed by atoms with E-state index in [2.05, 4.69) is 48.3 Å². The Morgan fingerprint density at radius 2 is 2.09 bits per heavy atom. The third kappa shape index (κ3) is 6.05. The van der Waals surface area contributed by atoms with Gasteiger partial charge in [-0.15, -0.1) is 11.3 Å². The minimum atomic E-state index is -0.486. The number of benzene rings is 1. The molecule has 33 heavy (non-hydrogen) atoms. The quantitative estimate of drug-likeness (QED) is 0.492. The summed E-state index contributed by atoms with van der Waals surface area (Å²) >= 11 is 1.75. The lowest BCUT2D eigenvalue weighted by Crippen LogP contribution is -2.37. The van der Waals surface area contributed by atoms with Crippen molar-refractivity contribution >= 4 is 34.8 Å². The largest absolute Gasteiger partial charge is 0.495 e. The van der Waals surface area contributed by atoms with E-state index in [0.717, 1.165) is 31.7 Å². The molecule has 10 heteroatoms. The third-order valence-corrected chi connectivity index (χ3v) is 6.16. The Balaban J connectivity index is 1.33. The van der Waals surface area contributed by atoms with Gasteiger partial charge in [-0.1, -0.05) is 6.07 Å². The predicted molar refractivity (Wildman–Crippen MR) is 128 cm³/mol. The number of carbonyl (C=O) groups is 2. The van der Waals surface area contributed by atoms with Gasteiger partial charge in [0.15, 0.2) is 5.82 Å². The molecule has 9 nitrogen and oxygen atoms in total. The molecule has 1 aliphatic rings. The van der Waals surface area contributed by atoms with Gasteiger partial charge < -0.3 is 15.4 Å². The Morgan fingerprint density at radius 1 is 1.21 bits per heavy atom. The van der Waals surface area contributed by atoms with Crippen LogP contribution in [0.1, 0.15) is 27.3 Å². The Bertz CT molecular complexity index is 1100. The molecule has 3 amide bonds. The molecule has 172 valence electrons. The van der Waals surface area contributed by atoms with Crippen LogP contribution in [0.2, 0.25) is 0 Å². The van der Waals surface area contributed by atoms with E-state index in [1.807, 2.05) is 6.92 Å². The number of nitrogens with one attached hydrogen (secondary N) is 3. The van der Waals surface area contributed by atoms with Crippen molar-refractivity contribution in [2.24, 2.45) is 0 Å². The smallest absolute Gasteiger partial charge is 0.324 e. The minimum Gasteiger partial charge on any atom is -0.495 e. The number of hydrogen-bond acceptors (Lipinski definition) is 7. The number of thiophene rings is 1. The summed E-state index contributed by atoms with van der Waals surface area (Å²) in [5.74, 6) is 0.554. The van der Waals surface area contributed by atoms with Gasteiger partial charge in [-0.3, -0.25) is 20.0 Å². The highest BCUT2D eigenvalue weighted by molar-refractivity contribution is 7.09. The summed E-state index contributed by atoms with van der Waals surface area (Å²) in [7, 11) is 1.49. The Hall–Kier alpha value is -3.50. The van der Waals surface area contributed by atoms with Gasteiger partial charge in [0.05, 0.1) is 30.9 Å². The molecule has 1 fully saturated rings. The first-order valence-electron chi connectivity index (χ1n) is 10.6. The van der Waals surface area contributed by atoms with Gasteiger partial charge in [0.1, 0.15) is 5.75 Å². The van der Waals surface area contributed by atoms with E-state index < -0.39 is 6.03 Å². The summed E-state index contributed by atoms with van der Waals surface area (Å²) in [5, 5.41) is 10.5. The van der Waals surface area contributed by atoms with Gasteiger partial charge in [0.2, 0.25) is 0 Å². The average Bonchev–Trinajstić information content (AvgIpc) is 3.48. The van der Waals surface area contributed by atoms with Gasteiger partial charge in [0, 0.05) is 36.1 Å². The Labute approximate surface area is 196 Å². The van der Waals surface area contributed by atoms with Crippen molar-refractivity contribution in [1.29, 1.82) is 0 Å².